The third-order valence-corrected chi connectivity index (χ3v) is 3.26. The average Bonchev–Trinajstić information content (AvgIpc) is 2.55. The van der Waals surface area contributed by atoms with E-state index in [0.29, 0.717) is 5.56 Å². The lowest BCUT2D eigenvalue weighted by atomic mass is 10.1. The van der Waals surface area contributed by atoms with Gasteiger partial charge in [-0.15, -0.1) is 0 Å². The largest absolute Gasteiger partial charge is 0.449 e. The number of nitro groups is 1. The average molecular weight is 328 g/mol. The van der Waals surface area contributed by atoms with Crippen LogP contribution in [0.25, 0.3) is 0 Å². The van der Waals surface area contributed by atoms with Gasteiger partial charge in [-0.1, -0.05) is 23.8 Å². The lowest BCUT2D eigenvalue weighted by Gasteiger charge is -2.13. The fourth-order valence-corrected chi connectivity index (χ4v) is 1.91. The summed E-state index contributed by atoms with van der Waals surface area (Å²) in [7, 11) is 0. The van der Waals surface area contributed by atoms with E-state index in [9.17, 15) is 19.7 Å². The molecule has 1 amide bonds. The Labute approximate surface area is 138 Å². The predicted octanol–water partition coefficient (Wildman–Crippen LogP) is 3.09. The standard InChI is InChI=1S/C17H16N2O5/c1-11-6-8-13(9-7-11)17(21)24-12(2)16(20)18-14-4-3-5-15(10-14)19(22)23/h3-10,12H,1-2H3,(H,18,20). The summed E-state index contributed by atoms with van der Waals surface area (Å²) in [6.07, 6.45) is -1.04. The van der Waals surface area contributed by atoms with Crippen LogP contribution in [0.4, 0.5) is 11.4 Å². The maximum Gasteiger partial charge on any atom is 0.338 e. The summed E-state index contributed by atoms with van der Waals surface area (Å²) in [6.45, 7) is 3.32. The van der Waals surface area contributed by atoms with Crippen molar-refractivity contribution in [2.75, 3.05) is 5.32 Å². The summed E-state index contributed by atoms with van der Waals surface area (Å²) in [5.74, 6) is -1.19. The van der Waals surface area contributed by atoms with Crippen LogP contribution in [0, 0.1) is 17.0 Å². The third-order valence-electron chi connectivity index (χ3n) is 3.26. The van der Waals surface area contributed by atoms with Gasteiger partial charge in [-0.25, -0.2) is 4.79 Å². The molecule has 0 spiro atoms. The number of hydrogen-bond donors (Lipinski definition) is 1. The highest BCUT2D eigenvalue weighted by Crippen LogP contribution is 2.17. The van der Waals surface area contributed by atoms with Gasteiger partial charge in [0.1, 0.15) is 0 Å². The van der Waals surface area contributed by atoms with Gasteiger partial charge < -0.3 is 10.1 Å². The van der Waals surface area contributed by atoms with Crippen LogP contribution in [0.5, 0.6) is 0 Å². The number of rotatable bonds is 5. The van der Waals surface area contributed by atoms with E-state index in [2.05, 4.69) is 5.32 Å². The van der Waals surface area contributed by atoms with Gasteiger partial charge in [0.25, 0.3) is 11.6 Å². The molecule has 24 heavy (non-hydrogen) atoms. The van der Waals surface area contributed by atoms with Gasteiger partial charge in [-0.2, -0.15) is 0 Å². The van der Waals surface area contributed by atoms with Crippen LogP contribution in [0.1, 0.15) is 22.8 Å². The van der Waals surface area contributed by atoms with Crippen molar-refractivity contribution in [3.05, 3.63) is 69.8 Å². The summed E-state index contributed by atoms with van der Waals surface area (Å²) in [5, 5.41) is 13.2. The van der Waals surface area contributed by atoms with Gasteiger partial charge in [-0.05, 0) is 32.0 Å². The monoisotopic (exact) mass is 328 g/mol. The van der Waals surface area contributed by atoms with Gasteiger partial charge in [-0.3, -0.25) is 14.9 Å². The fourth-order valence-electron chi connectivity index (χ4n) is 1.91. The van der Waals surface area contributed by atoms with Gasteiger partial charge in [0, 0.05) is 17.8 Å². The predicted molar refractivity (Wildman–Crippen MR) is 87.8 cm³/mol. The van der Waals surface area contributed by atoms with E-state index >= 15 is 0 Å². The summed E-state index contributed by atoms with van der Waals surface area (Å²) in [4.78, 5) is 34.2. The molecule has 0 aliphatic rings. The molecule has 1 atom stereocenters. The number of nitrogens with zero attached hydrogens (tertiary/aromatic N) is 1. The summed E-state index contributed by atoms with van der Waals surface area (Å²) >= 11 is 0. The molecule has 0 fully saturated rings. The van der Waals surface area contributed by atoms with Gasteiger partial charge in [0.15, 0.2) is 6.10 Å². The molecule has 1 N–H and O–H groups in total. The Hall–Kier alpha value is -3.22. The molecule has 2 rings (SSSR count). The van der Waals surface area contributed by atoms with Gasteiger partial charge >= 0.3 is 5.97 Å². The molecule has 0 aliphatic carbocycles. The fraction of sp³-hybridized carbons (Fsp3) is 0.176. The van der Waals surface area contributed by atoms with Gasteiger partial charge in [0.05, 0.1) is 10.5 Å². The number of aryl methyl sites for hydroxylation is 1. The zero-order valence-electron chi connectivity index (χ0n) is 13.2. The van der Waals surface area contributed by atoms with E-state index < -0.39 is 22.9 Å². The highest BCUT2D eigenvalue weighted by Gasteiger charge is 2.19. The highest BCUT2D eigenvalue weighted by atomic mass is 16.6. The number of carbonyl (C=O) groups excluding carboxylic acids is 2. The van der Waals surface area contributed by atoms with E-state index in [1.165, 1.54) is 31.2 Å². The smallest absolute Gasteiger partial charge is 0.338 e. The van der Waals surface area contributed by atoms with Crippen LogP contribution >= 0.6 is 0 Å². The molecule has 0 aliphatic heterocycles. The van der Waals surface area contributed by atoms with E-state index in [-0.39, 0.29) is 11.4 Å². The van der Waals surface area contributed by atoms with Crippen molar-refractivity contribution in [1.29, 1.82) is 0 Å². The number of carbonyl (C=O) groups is 2. The van der Waals surface area contributed by atoms with Crippen LogP contribution in [-0.4, -0.2) is 22.9 Å². The number of nitrogens with one attached hydrogen (secondary N) is 1. The van der Waals surface area contributed by atoms with Crippen LogP contribution in [-0.2, 0) is 9.53 Å². The Balaban J connectivity index is 1.99. The zero-order valence-corrected chi connectivity index (χ0v) is 13.2. The second-order valence-corrected chi connectivity index (χ2v) is 5.21. The minimum atomic E-state index is -1.04. The van der Waals surface area contributed by atoms with E-state index in [4.69, 9.17) is 4.74 Å². The van der Waals surface area contributed by atoms with Crippen molar-refractivity contribution in [2.45, 2.75) is 20.0 Å². The maximum atomic E-state index is 12.1. The number of amides is 1. The molecule has 0 radical (unpaired) electrons. The number of esters is 1. The van der Waals surface area contributed by atoms with Crippen molar-refractivity contribution >= 4 is 23.3 Å². The van der Waals surface area contributed by atoms with Crippen LogP contribution in [0.3, 0.4) is 0 Å². The van der Waals surface area contributed by atoms with E-state index in [1.54, 1.807) is 24.3 Å². The Morgan fingerprint density at radius 3 is 2.46 bits per heavy atom. The minimum absolute atomic E-state index is 0.142. The molecule has 7 nitrogen and oxygen atoms in total. The molecule has 0 heterocycles. The molecule has 2 aromatic carbocycles. The molecular formula is C17H16N2O5. The summed E-state index contributed by atoms with van der Waals surface area (Å²) in [6, 6.07) is 12.3. The van der Waals surface area contributed by atoms with Crippen molar-refractivity contribution in [2.24, 2.45) is 0 Å². The Morgan fingerprint density at radius 2 is 1.83 bits per heavy atom. The van der Waals surface area contributed by atoms with Crippen molar-refractivity contribution in [3.63, 3.8) is 0 Å². The number of ether oxygens (including phenoxy) is 1. The second-order valence-electron chi connectivity index (χ2n) is 5.21. The number of anilines is 1. The first kappa shape index (κ1) is 17.1. The topological polar surface area (TPSA) is 98.5 Å². The van der Waals surface area contributed by atoms with Crippen LogP contribution in [0.2, 0.25) is 0 Å². The molecule has 0 saturated heterocycles. The van der Waals surface area contributed by atoms with Gasteiger partial charge in [0.2, 0.25) is 0 Å². The van der Waals surface area contributed by atoms with Crippen LogP contribution < -0.4 is 5.32 Å². The number of non-ortho nitro benzene ring substituents is 1. The molecule has 0 saturated carbocycles. The molecule has 2 aromatic rings. The normalized spacial score (nSPS) is 11.4. The van der Waals surface area contributed by atoms with E-state index in [0.717, 1.165) is 5.56 Å². The first-order valence-electron chi connectivity index (χ1n) is 7.20. The second kappa shape index (κ2) is 7.36. The van der Waals surface area contributed by atoms with Crippen LogP contribution in [0.15, 0.2) is 48.5 Å². The van der Waals surface area contributed by atoms with Crippen molar-refractivity contribution in [3.8, 4) is 0 Å². The third kappa shape index (κ3) is 4.39. The lowest BCUT2D eigenvalue weighted by Crippen LogP contribution is -2.30. The van der Waals surface area contributed by atoms with Crippen molar-refractivity contribution < 1.29 is 19.2 Å². The lowest BCUT2D eigenvalue weighted by molar-refractivity contribution is -0.384. The Bertz CT molecular complexity index is 771. The quantitative estimate of drug-likeness (QED) is 0.516. The first-order valence-corrected chi connectivity index (χ1v) is 7.20. The molecule has 124 valence electrons. The molecule has 7 heteroatoms. The summed E-state index contributed by atoms with van der Waals surface area (Å²) < 4.78 is 5.10. The molecule has 0 aromatic heterocycles. The highest BCUT2D eigenvalue weighted by molar-refractivity contribution is 5.97. The zero-order chi connectivity index (χ0) is 17.7. The summed E-state index contributed by atoms with van der Waals surface area (Å²) in [5.41, 5.74) is 1.46. The SMILES string of the molecule is Cc1ccc(C(=O)OC(C)C(=O)Nc2cccc([N+](=O)[O-])c2)cc1. The molecule has 0 bridgehead atoms. The first-order chi connectivity index (χ1) is 11.4. The van der Waals surface area contributed by atoms with Crippen molar-refractivity contribution in [1.82, 2.24) is 0 Å². The Kier molecular flexibility index (Phi) is 5.26. The molecule has 1 unspecified atom stereocenters. The number of benzene rings is 2. The number of hydrogen-bond acceptors (Lipinski definition) is 5. The Morgan fingerprint density at radius 1 is 1.17 bits per heavy atom. The minimum Gasteiger partial charge on any atom is -0.449 e. The maximum absolute atomic E-state index is 12.1. The van der Waals surface area contributed by atoms with E-state index in [1.807, 2.05) is 6.92 Å². The molecular weight excluding hydrogens is 312 g/mol. The number of nitro benzene ring substituents is 1.